The molecule has 0 aliphatic carbocycles. The number of aromatic amines is 1. The van der Waals surface area contributed by atoms with Crippen molar-refractivity contribution in [1.29, 1.82) is 0 Å². The van der Waals surface area contributed by atoms with E-state index in [2.05, 4.69) is 15.9 Å². The zero-order valence-electron chi connectivity index (χ0n) is 14.6. The van der Waals surface area contributed by atoms with Gasteiger partial charge in [0.1, 0.15) is 0 Å². The van der Waals surface area contributed by atoms with Gasteiger partial charge in [0.25, 0.3) is 0 Å². The van der Waals surface area contributed by atoms with Gasteiger partial charge in [0.05, 0.1) is 12.2 Å². The lowest BCUT2D eigenvalue weighted by Gasteiger charge is -2.26. The second-order valence-corrected chi connectivity index (χ2v) is 6.24. The summed E-state index contributed by atoms with van der Waals surface area (Å²) in [6, 6.07) is 6.68. The summed E-state index contributed by atoms with van der Waals surface area (Å²) < 4.78 is 11.6. The topological polar surface area (TPSA) is 100 Å². The lowest BCUT2D eigenvalue weighted by molar-refractivity contribution is -0.678. The van der Waals surface area contributed by atoms with E-state index in [0.717, 1.165) is 5.56 Å². The summed E-state index contributed by atoms with van der Waals surface area (Å²) in [6.07, 6.45) is 0. The summed E-state index contributed by atoms with van der Waals surface area (Å²) in [4.78, 5) is 24.9. The average molecular weight is 375 g/mol. The van der Waals surface area contributed by atoms with Crippen molar-refractivity contribution in [3.63, 3.8) is 0 Å². The van der Waals surface area contributed by atoms with Crippen LogP contribution in [0.25, 0.3) is 5.69 Å². The van der Waals surface area contributed by atoms with Crippen molar-refractivity contribution < 1.29 is 18.7 Å². The van der Waals surface area contributed by atoms with Crippen LogP contribution in [0, 0.1) is 6.92 Å². The maximum absolute atomic E-state index is 12.5. The molecule has 3 rings (SSSR count). The maximum Gasteiger partial charge on any atom is 0.433 e. The Labute approximate surface area is 154 Å². The largest absolute Gasteiger partial charge is 0.463 e. The van der Waals surface area contributed by atoms with Gasteiger partial charge in [-0.3, -0.25) is 4.52 Å². The number of hydrogen-bond acceptors (Lipinski definition) is 5. The molecule has 0 saturated carbocycles. The van der Waals surface area contributed by atoms with E-state index in [-0.39, 0.29) is 17.9 Å². The number of hydrogen-bond donors (Lipinski definition) is 3. The highest BCUT2D eigenvalue weighted by molar-refractivity contribution is 7.80. The predicted octanol–water partition coefficient (Wildman–Crippen LogP) is 0.909. The van der Waals surface area contributed by atoms with E-state index in [1.807, 2.05) is 31.2 Å². The van der Waals surface area contributed by atoms with Crippen LogP contribution in [0.15, 0.2) is 44.9 Å². The van der Waals surface area contributed by atoms with Gasteiger partial charge in [-0.05, 0) is 42.9 Å². The van der Waals surface area contributed by atoms with Crippen LogP contribution in [0.3, 0.4) is 0 Å². The number of rotatable bonds is 4. The van der Waals surface area contributed by atoms with E-state index >= 15 is 0 Å². The third-order valence-electron chi connectivity index (χ3n) is 4.01. The number of nitrogens with zero attached hydrogens (tertiary/aromatic N) is 1. The number of allylic oxidation sites excluding steroid dienone is 1. The first kappa shape index (κ1) is 17.9. The van der Waals surface area contributed by atoms with Gasteiger partial charge in [-0.15, -0.1) is 0 Å². The zero-order valence-corrected chi connectivity index (χ0v) is 15.4. The molecular formula is C17H19N4O4S+. The first-order chi connectivity index (χ1) is 12.4. The number of ether oxygens (including phenoxy) is 1. The number of nitrogens with one attached hydrogen (secondary N) is 3. The summed E-state index contributed by atoms with van der Waals surface area (Å²) in [5, 5.41) is 8.74. The van der Waals surface area contributed by atoms with E-state index in [9.17, 15) is 9.59 Å². The fraction of sp³-hybridized carbons (Fsp3) is 0.294. The number of aryl methyl sites for hydroxylation is 1. The standard InChI is InChI=1S/C17H18N4O4S/c1-4-24-15(22)12-10(3)18-17(26)19-13(12)14-16(23)25-20-21(14)11-7-5-9(2)6-8-11/h5-8,13H,4H2,1-3H3,(H2-,18,19,20,22,23,26)/p+1. The van der Waals surface area contributed by atoms with Crippen LogP contribution < -0.4 is 20.9 Å². The lowest BCUT2D eigenvalue weighted by Crippen LogP contribution is -2.51. The highest BCUT2D eigenvalue weighted by Crippen LogP contribution is 2.24. The van der Waals surface area contributed by atoms with Gasteiger partial charge in [-0.2, -0.15) is 0 Å². The highest BCUT2D eigenvalue weighted by Gasteiger charge is 2.41. The summed E-state index contributed by atoms with van der Waals surface area (Å²) in [5.74, 6) is -0.534. The molecule has 0 radical (unpaired) electrons. The molecule has 0 spiro atoms. The molecule has 0 saturated heterocycles. The van der Waals surface area contributed by atoms with Crippen LogP contribution in [0.4, 0.5) is 0 Å². The van der Waals surface area contributed by atoms with E-state index in [1.165, 1.54) is 4.68 Å². The minimum absolute atomic E-state index is 0.195. The molecule has 1 atom stereocenters. The highest BCUT2D eigenvalue weighted by atomic mass is 32.1. The second-order valence-electron chi connectivity index (χ2n) is 5.83. The molecule has 26 heavy (non-hydrogen) atoms. The average Bonchev–Trinajstić information content (AvgIpc) is 2.96. The Balaban J connectivity index is 2.15. The molecule has 1 aromatic carbocycles. The summed E-state index contributed by atoms with van der Waals surface area (Å²) in [5.41, 5.74) is 2.14. The first-order valence-corrected chi connectivity index (χ1v) is 8.49. The molecule has 1 aromatic heterocycles. The van der Waals surface area contributed by atoms with E-state index in [1.54, 1.807) is 13.8 Å². The number of carbonyl (C=O) groups excluding carboxylic acids is 1. The monoisotopic (exact) mass is 375 g/mol. The van der Waals surface area contributed by atoms with Gasteiger partial charge < -0.3 is 15.4 Å². The maximum atomic E-state index is 12.5. The number of H-pyrrole nitrogens is 1. The number of esters is 1. The normalized spacial score (nSPS) is 16.9. The molecule has 0 bridgehead atoms. The summed E-state index contributed by atoms with van der Waals surface area (Å²) in [6.45, 7) is 5.60. The van der Waals surface area contributed by atoms with E-state index in [4.69, 9.17) is 21.5 Å². The van der Waals surface area contributed by atoms with Crippen LogP contribution in [0.2, 0.25) is 0 Å². The van der Waals surface area contributed by atoms with Crippen molar-refractivity contribution in [1.82, 2.24) is 15.9 Å². The van der Waals surface area contributed by atoms with Crippen LogP contribution in [-0.4, -0.2) is 23.0 Å². The van der Waals surface area contributed by atoms with Crippen molar-refractivity contribution in [3.8, 4) is 5.69 Å². The minimum atomic E-state index is -0.813. The minimum Gasteiger partial charge on any atom is -0.463 e. The fourth-order valence-corrected chi connectivity index (χ4v) is 3.06. The molecule has 1 aliphatic rings. The van der Waals surface area contributed by atoms with E-state index in [0.29, 0.717) is 16.5 Å². The Bertz CT molecular complexity index is 942. The molecule has 1 unspecified atom stereocenters. The number of aromatic nitrogens is 2. The molecule has 1 aliphatic heterocycles. The Morgan fingerprint density at radius 1 is 1.31 bits per heavy atom. The van der Waals surface area contributed by atoms with Crippen molar-refractivity contribution >= 4 is 23.3 Å². The molecule has 2 aromatic rings. The Kier molecular flexibility index (Phi) is 4.90. The van der Waals surface area contributed by atoms with Crippen LogP contribution in [0.5, 0.6) is 0 Å². The SMILES string of the molecule is CCOC(=O)C1=C(C)NC(=S)NC1c1c(=O)o[nH][n+]1-c1ccc(C)cc1. The predicted molar refractivity (Wildman–Crippen MR) is 96.5 cm³/mol. The van der Waals surface area contributed by atoms with Crippen molar-refractivity contribution in [2.24, 2.45) is 0 Å². The molecule has 9 heteroatoms. The smallest absolute Gasteiger partial charge is 0.433 e. The number of benzene rings is 1. The van der Waals surface area contributed by atoms with Gasteiger partial charge in [-0.1, -0.05) is 17.7 Å². The molecule has 8 nitrogen and oxygen atoms in total. The van der Waals surface area contributed by atoms with Gasteiger partial charge in [0.15, 0.2) is 11.2 Å². The van der Waals surface area contributed by atoms with Gasteiger partial charge in [-0.25, -0.2) is 9.59 Å². The third kappa shape index (κ3) is 3.25. The van der Waals surface area contributed by atoms with Crippen LogP contribution in [-0.2, 0) is 9.53 Å². The Morgan fingerprint density at radius 2 is 2.00 bits per heavy atom. The second kappa shape index (κ2) is 7.12. The van der Waals surface area contributed by atoms with Crippen molar-refractivity contribution in [2.45, 2.75) is 26.8 Å². The van der Waals surface area contributed by atoms with Crippen LogP contribution >= 0.6 is 12.2 Å². The first-order valence-electron chi connectivity index (χ1n) is 8.08. The van der Waals surface area contributed by atoms with Gasteiger partial charge >= 0.3 is 17.3 Å². The Morgan fingerprint density at radius 3 is 2.65 bits per heavy atom. The van der Waals surface area contributed by atoms with Gasteiger partial charge in [0.2, 0.25) is 5.69 Å². The summed E-state index contributed by atoms with van der Waals surface area (Å²) >= 11 is 5.20. The summed E-state index contributed by atoms with van der Waals surface area (Å²) in [7, 11) is 0. The molecule has 2 heterocycles. The molecule has 3 N–H and O–H groups in total. The quantitative estimate of drug-likeness (QED) is 0.415. The fourth-order valence-electron chi connectivity index (χ4n) is 2.79. The van der Waals surface area contributed by atoms with E-state index < -0.39 is 17.6 Å². The van der Waals surface area contributed by atoms with Crippen molar-refractivity contribution in [3.05, 3.63) is 57.2 Å². The molecular weight excluding hydrogens is 356 g/mol. The zero-order chi connectivity index (χ0) is 18.8. The molecule has 0 amide bonds. The van der Waals surface area contributed by atoms with Crippen LogP contribution in [0.1, 0.15) is 31.1 Å². The van der Waals surface area contributed by atoms with Crippen molar-refractivity contribution in [2.75, 3.05) is 6.61 Å². The number of thiocarbonyl (C=S) groups is 1. The molecule has 0 fully saturated rings. The third-order valence-corrected chi connectivity index (χ3v) is 4.23. The molecule has 136 valence electrons. The number of carbonyl (C=O) groups is 1. The Hall–Kier alpha value is -2.94. The van der Waals surface area contributed by atoms with Gasteiger partial charge in [0, 0.05) is 17.8 Å². The lowest BCUT2D eigenvalue weighted by atomic mass is 10.00.